The Balaban J connectivity index is 1.69. The van der Waals surface area contributed by atoms with E-state index in [0.29, 0.717) is 12.4 Å². The van der Waals surface area contributed by atoms with Gasteiger partial charge < -0.3 is 19.5 Å². The van der Waals surface area contributed by atoms with Gasteiger partial charge in [-0.3, -0.25) is 4.79 Å². The second-order valence-corrected chi connectivity index (χ2v) is 5.74. The molecule has 1 atom stereocenters. The van der Waals surface area contributed by atoms with Crippen molar-refractivity contribution in [2.75, 3.05) is 20.3 Å². The van der Waals surface area contributed by atoms with E-state index in [1.807, 2.05) is 55.5 Å². The summed E-state index contributed by atoms with van der Waals surface area (Å²) in [5.41, 5.74) is 1.24. The van der Waals surface area contributed by atoms with Gasteiger partial charge in [0.1, 0.15) is 23.9 Å². The number of methoxy groups -OCH3 is 1. The minimum absolute atomic E-state index is 0.0155. The highest BCUT2D eigenvalue weighted by Gasteiger charge is 2.09. The first-order chi connectivity index (χ1) is 12.1. The predicted octanol–water partition coefficient (Wildman–Crippen LogP) is 3.22. The lowest BCUT2D eigenvalue weighted by molar-refractivity contribution is -0.123. The molecule has 0 aromatic heterocycles. The van der Waals surface area contributed by atoms with Crippen molar-refractivity contribution in [3.8, 4) is 17.2 Å². The third-order valence-corrected chi connectivity index (χ3v) is 3.67. The van der Waals surface area contributed by atoms with Crippen molar-refractivity contribution in [1.29, 1.82) is 0 Å². The SMILES string of the molecule is CCc1ccc(OCC(=O)N[C@@H](C)COc2ccc(OC)cc2)cc1. The maximum absolute atomic E-state index is 11.9. The first kappa shape index (κ1) is 18.6. The second kappa shape index (κ2) is 9.57. The molecule has 0 bridgehead atoms. The monoisotopic (exact) mass is 343 g/mol. The number of hydrogen-bond donors (Lipinski definition) is 1. The van der Waals surface area contributed by atoms with Gasteiger partial charge in [-0.15, -0.1) is 0 Å². The molecule has 2 rings (SSSR count). The number of carbonyl (C=O) groups excluding carboxylic acids is 1. The zero-order valence-corrected chi connectivity index (χ0v) is 15.0. The van der Waals surface area contributed by atoms with E-state index in [1.54, 1.807) is 7.11 Å². The molecule has 0 aliphatic carbocycles. The number of amides is 1. The highest BCUT2D eigenvalue weighted by molar-refractivity contribution is 5.77. The Morgan fingerprint density at radius 3 is 2.12 bits per heavy atom. The van der Waals surface area contributed by atoms with Crippen LogP contribution in [0.1, 0.15) is 19.4 Å². The van der Waals surface area contributed by atoms with Gasteiger partial charge in [-0.1, -0.05) is 19.1 Å². The third kappa shape index (κ3) is 6.37. The number of carbonyl (C=O) groups is 1. The molecule has 25 heavy (non-hydrogen) atoms. The Labute approximate surface area is 148 Å². The molecular weight excluding hydrogens is 318 g/mol. The van der Waals surface area contributed by atoms with Gasteiger partial charge in [0.25, 0.3) is 5.91 Å². The molecule has 2 aromatic rings. The van der Waals surface area contributed by atoms with Crippen LogP contribution in [0.15, 0.2) is 48.5 Å². The van der Waals surface area contributed by atoms with Crippen LogP contribution in [-0.2, 0) is 11.2 Å². The van der Waals surface area contributed by atoms with Crippen LogP contribution in [0, 0.1) is 0 Å². The standard InChI is InChI=1S/C20H25NO4/c1-4-16-5-7-18(8-6-16)25-14-20(22)21-15(2)13-24-19-11-9-17(23-3)10-12-19/h5-12,15H,4,13-14H2,1-3H3,(H,21,22)/t15-/m0/s1. The average molecular weight is 343 g/mol. The summed E-state index contributed by atoms with van der Waals surface area (Å²) in [6, 6.07) is 14.9. The highest BCUT2D eigenvalue weighted by Crippen LogP contribution is 2.17. The zero-order valence-electron chi connectivity index (χ0n) is 15.0. The first-order valence-corrected chi connectivity index (χ1v) is 8.38. The van der Waals surface area contributed by atoms with Crippen molar-refractivity contribution in [3.63, 3.8) is 0 Å². The van der Waals surface area contributed by atoms with E-state index >= 15 is 0 Å². The molecule has 134 valence electrons. The lowest BCUT2D eigenvalue weighted by Crippen LogP contribution is -2.39. The molecule has 0 heterocycles. The number of rotatable bonds is 9. The zero-order chi connectivity index (χ0) is 18.1. The lowest BCUT2D eigenvalue weighted by atomic mass is 10.2. The Morgan fingerprint density at radius 1 is 0.960 bits per heavy atom. The molecule has 0 aliphatic rings. The maximum Gasteiger partial charge on any atom is 0.258 e. The van der Waals surface area contributed by atoms with Crippen LogP contribution in [0.25, 0.3) is 0 Å². The molecule has 2 aromatic carbocycles. The number of hydrogen-bond acceptors (Lipinski definition) is 4. The fraction of sp³-hybridized carbons (Fsp3) is 0.350. The number of nitrogens with one attached hydrogen (secondary N) is 1. The first-order valence-electron chi connectivity index (χ1n) is 8.38. The van der Waals surface area contributed by atoms with Crippen molar-refractivity contribution in [3.05, 3.63) is 54.1 Å². The largest absolute Gasteiger partial charge is 0.497 e. The van der Waals surface area contributed by atoms with Crippen molar-refractivity contribution in [1.82, 2.24) is 5.32 Å². The van der Waals surface area contributed by atoms with Crippen molar-refractivity contribution in [2.45, 2.75) is 26.3 Å². The van der Waals surface area contributed by atoms with Gasteiger partial charge in [0.2, 0.25) is 0 Å². The molecule has 0 radical (unpaired) electrons. The topological polar surface area (TPSA) is 56.8 Å². The van der Waals surface area contributed by atoms with Gasteiger partial charge in [-0.25, -0.2) is 0 Å². The van der Waals surface area contributed by atoms with Crippen LogP contribution in [0.2, 0.25) is 0 Å². The molecule has 5 heteroatoms. The summed E-state index contributed by atoms with van der Waals surface area (Å²) >= 11 is 0. The summed E-state index contributed by atoms with van der Waals surface area (Å²) in [5.74, 6) is 2.02. The van der Waals surface area contributed by atoms with E-state index in [1.165, 1.54) is 5.56 Å². The van der Waals surface area contributed by atoms with E-state index in [0.717, 1.165) is 17.9 Å². The summed E-state index contributed by atoms with van der Waals surface area (Å²) in [6.45, 7) is 4.35. The quantitative estimate of drug-likeness (QED) is 0.759. The Kier molecular flexibility index (Phi) is 7.14. The number of aryl methyl sites for hydroxylation is 1. The smallest absolute Gasteiger partial charge is 0.258 e. The number of ether oxygens (including phenoxy) is 3. The van der Waals surface area contributed by atoms with Gasteiger partial charge in [0.15, 0.2) is 6.61 Å². The van der Waals surface area contributed by atoms with Crippen molar-refractivity contribution in [2.24, 2.45) is 0 Å². The normalized spacial score (nSPS) is 11.5. The molecular formula is C20H25NO4. The van der Waals surface area contributed by atoms with Crippen LogP contribution >= 0.6 is 0 Å². The highest BCUT2D eigenvalue weighted by atomic mass is 16.5. The minimum atomic E-state index is -0.176. The molecule has 1 amide bonds. The maximum atomic E-state index is 11.9. The van der Waals surface area contributed by atoms with E-state index < -0.39 is 0 Å². The number of benzene rings is 2. The third-order valence-electron chi connectivity index (χ3n) is 3.67. The van der Waals surface area contributed by atoms with Crippen LogP contribution in [0.4, 0.5) is 0 Å². The average Bonchev–Trinajstić information content (AvgIpc) is 2.65. The van der Waals surface area contributed by atoms with Crippen LogP contribution in [0.3, 0.4) is 0 Å². The Morgan fingerprint density at radius 2 is 1.52 bits per heavy atom. The van der Waals surface area contributed by atoms with Gasteiger partial charge in [0.05, 0.1) is 13.2 Å². The van der Waals surface area contributed by atoms with E-state index in [2.05, 4.69) is 12.2 Å². The fourth-order valence-electron chi connectivity index (χ4n) is 2.22. The molecule has 0 unspecified atom stereocenters. The fourth-order valence-corrected chi connectivity index (χ4v) is 2.22. The van der Waals surface area contributed by atoms with Gasteiger partial charge in [0, 0.05) is 0 Å². The molecule has 5 nitrogen and oxygen atoms in total. The second-order valence-electron chi connectivity index (χ2n) is 5.74. The Hall–Kier alpha value is -2.69. The Bertz CT molecular complexity index is 652. The van der Waals surface area contributed by atoms with Gasteiger partial charge in [-0.2, -0.15) is 0 Å². The van der Waals surface area contributed by atoms with Crippen LogP contribution in [-0.4, -0.2) is 32.3 Å². The van der Waals surface area contributed by atoms with E-state index in [4.69, 9.17) is 14.2 Å². The predicted molar refractivity (Wildman–Crippen MR) is 97.4 cm³/mol. The van der Waals surface area contributed by atoms with Crippen LogP contribution < -0.4 is 19.5 Å². The summed E-state index contributed by atoms with van der Waals surface area (Å²) in [6.07, 6.45) is 0.979. The molecule has 0 saturated carbocycles. The molecule has 0 aliphatic heterocycles. The molecule has 0 spiro atoms. The van der Waals surface area contributed by atoms with E-state index in [-0.39, 0.29) is 18.6 Å². The lowest BCUT2D eigenvalue weighted by Gasteiger charge is -2.15. The summed E-state index contributed by atoms with van der Waals surface area (Å²) in [7, 11) is 1.62. The van der Waals surface area contributed by atoms with Gasteiger partial charge in [-0.05, 0) is 55.3 Å². The minimum Gasteiger partial charge on any atom is -0.497 e. The van der Waals surface area contributed by atoms with Crippen molar-refractivity contribution >= 4 is 5.91 Å². The molecule has 1 N–H and O–H groups in total. The molecule has 0 saturated heterocycles. The van der Waals surface area contributed by atoms with E-state index in [9.17, 15) is 4.79 Å². The summed E-state index contributed by atoms with van der Waals surface area (Å²) in [5, 5.41) is 2.85. The summed E-state index contributed by atoms with van der Waals surface area (Å²) in [4.78, 5) is 11.9. The van der Waals surface area contributed by atoms with Crippen LogP contribution in [0.5, 0.6) is 17.2 Å². The van der Waals surface area contributed by atoms with Gasteiger partial charge >= 0.3 is 0 Å². The molecule has 0 fully saturated rings. The summed E-state index contributed by atoms with van der Waals surface area (Å²) < 4.78 is 16.2. The van der Waals surface area contributed by atoms with Crippen molar-refractivity contribution < 1.29 is 19.0 Å².